The Hall–Kier alpha value is -3.17. The summed E-state index contributed by atoms with van der Waals surface area (Å²) < 4.78 is 28.6. The topological polar surface area (TPSA) is 113 Å². The fraction of sp³-hybridized carbons (Fsp3) is 0.320. The third-order valence-electron chi connectivity index (χ3n) is 6.99. The monoisotopic (exact) mass is 513 g/mol. The number of hydrogen-bond donors (Lipinski definition) is 2. The SMILES string of the molecule is Cc1ccc(NS(=O)(=O)c2cc(NC(=O)CN3C(=O)[C@@H]4[C@@H](C3=O)[C@H]3C=C[C@H]4C3)ccc2Cl)c(C)c1. The van der Waals surface area contributed by atoms with Gasteiger partial charge < -0.3 is 5.32 Å². The maximum atomic E-state index is 13.0. The van der Waals surface area contributed by atoms with Crippen LogP contribution in [0.3, 0.4) is 0 Å². The molecule has 8 nitrogen and oxygen atoms in total. The Morgan fingerprint density at radius 1 is 1.03 bits per heavy atom. The van der Waals surface area contributed by atoms with Crippen LogP contribution in [0, 0.1) is 37.5 Å². The number of benzene rings is 2. The number of fused-ring (bicyclic) bond motifs is 5. The molecule has 2 aromatic rings. The number of amides is 3. The number of carbonyl (C=O) groups is 3. The van der Waals surface area contributed by atoms with E-state index >= 15 is 0 Å². The van der Waals surface area contributed by atoms with Gasteiger partial charge in [0.25, 0.3) is 10.0 Å². The lowest BCUT2D eigenvalue weighted by molar-refractivity contribution is -0.143. The summed E-state index contributed by atoms with van der Waals surface area (Å²) in [5.74, 6) is -1.87. The smallest absolute Gasteiger partial charge is 0.263 e. The summed E-state index contributed by atoms with van der Waals surface area (Å²) in [7, 11) is -4.05. The van der Waals surface area contributed by atoms with Gasteiger partial charge in [0.05, 0.1) is 22.5 Å². The van der Waals surface area contributed by atoms with E-state index in [2.05, 4.69) is 10.0 Å². The van der Waals surface area contributed by atoms with E-state index in [-0.39, 0.29) is 51.1 Å². The lowest BCUT2D eigenvalue weighted by Crippen LogP contribution is -2.39. The highest BCUT2D eigenvalue weighted by atomic mass is 35.5. The molecule has 0 radical (unpaired) electrons. The number of aryl methyl sites for hydroxylation is 2. The van der Waals surface area contributed by atoms with E-state index in [0.717, 1.165) is 22.4 Å². The minimum absolute atomic E-state index is 0.0130. The van der Waals surface area contributed by atoms with Crippen molar-refractivity contribution in [3.05, 3.63) is 64.7 Å². The number of likely N-dealkylation sites (tertiary alicyclic amines) is 1. The van der Waals surface area contributed by atoms with E-state index in [1.807, 2.05) is 25.1 Å². The minimum Gasteiger partial charge on any atom is -0.324 e. The maximum absolute atomic E-state index is 13.0. The van der Waals surface area contributed by atoms with Crippen LogP contribution < -0.4 is 10.0 Å². The van der Waals surface area contributed by atoms with Gasteiger partial charge in [-0.15, -0.1) is 0 Å². The van der Waals surface area contributed by atoms with Crippen LogP contribution in [0.1, 0.15) is 17.5 Å². The molecule has 4 atom stereocenters. The Kier molecular flexibility index (Phi) is 5.72. The zero-order valence-electron chi connectivity index (χ0n) is 19.1. The molecule has 1 saturated heterocycles. The molecule has 3 aliphatic rings. The van der Waals surface area contributed by atoms with Crippen molar-refractivity contribution in [2.75, 3.05) is 16.6 Å². The molecule has 1 saturated carbocycles. The molecule has 0 spiro atoms. The fourth-order valence-corrected chi connectivity index (χ4v) is 7.04. The second-order valence-corrected chi connectivity index (χ2v) is 11.4. The second-order valence-electron chi connectivity index (χ2n) is 9.38. The summed E-state index contributed by atoms with van der Waals surface area (Å²) in [6, 6.07) is 9.39. The number of anilines is 2. The van der Waals surface area contributed by atoms with Crippen molar-refractivity contribution in [2.24, 2.45) is 23.7 Å². The quantitative estimate of drug-likeness (QED) is 0.453. The number of hydrogen-bond acceptors (Lipinski definition) is 5. The van der Waals surface area contributed by atoms with Crippen LogP contribution in [0.2, 0.25) is 5.02 Å². The first kappa shape index (κ1) is 23.6. The first-order chi connectivity index (χ1) is 16.5. The highest BCUT2D eigenvalue weighted by Gasteiger charge is 2.59. The van der Waals surface area contributed by atoms with Crippen LogP contribution in [0.5, 0.6) is 0 Å². The van der Waals surface area contributed by atoms with Gasteiger partial charge in [-0.2, -0.15) is 0 Å². The summed E-state index contributed by atoms with van der Waals surface area (Å²) in [5.41, 5.74) is 2.35. The number of sulfonamides is 1. The highest BCUT2D eigenvalue weighted by Crippen LogP contribution is 2.52. The number of nitrogens with zero attached hydrogens (tertiary/aromatic N) is 1. The van der Waals surface area contributed by atoms with Crippen LogP contribution in [-0.4, -0.2) is 37.6 Å². The Morgan fingerprint density at radius 3 is 2.31 bits per heavy atom. The number of carbonyl (C=O) groups excluding carboxylic acids is 3. The lowest BCUT2D eigenvalue weighted by atomic mass is 9.85. The Labute approximate surface area is 208 Å². The van der Waals surface area contributed by atoms with Gasteiger partial charge in [0.1, 0.15) is 11.4 Å². The minimum atomic E-state index is -4.05. The molecule has 2 bridgehead atoms. The summed E-state index contributed by atoms with van der Waals surface area (Å²) in [5, 5.41) is 2.57. The van der Waals surface area contributed by atoms with Crippen LogP contribution in [0.4, 0.5) is 11.4 Å². The van der Waals surface area contributed by atoms with E-state index in [0.29, 0.717) is 5.69 Å². The molecule has 2 N–H and O–H groups in total. The van der Waals surface area contributed by atoms with E-state index in [1.165, 1.54) is 18.2 Å². The number of allylic oxidation sites excluding steroid dienone is 2. The number of imide groups is 1. The molecule has 2 fully saturated rings. The van der Waals surface area contributed by atoms with Gasteiger partial charge in [-0.25, -0.2) is 8.42 Å². The molecular formula is C25H24ClN3O5S. The van der Waals surface area contributed by atoms with Crippen molar-refractivity contribution in [1.82, 2.24) is 4.90 Å². The van der Waals surface area contributed by atoms with Gasteiger partial charge in [-0.3, -0.25) is 24.0 Å². The van der Waals surface area contributed by atoms with Gasteiger partial charge in [0.2, 0.25) is 17.7 Å². The summed E-state index contributed by atoms with van der Waals surface area (Å²) >= 11 is 6.18. The van der Waals surface area contributed by atoms with Crippen molar-refractivity contribution >= 4 is 50.7 Å². The van der Waals surface area contributed by atoms with Crippen molar-refractivity contribution in [3.8, 4) is 0 Å². The molecule has 3 amide bonds. The molecule has 10 heteroatoms. The summed E-state index contributed by atoms with van der Waals surface area (Å²) in [6.45, 7) is 3.28. The predicted molar refractivity (Wildman–Crippen MR) is 131 cm³/mol. The first-order valence-corrected chi connectivity index (χ1v) is 13.1. The van der Waals surface area contributed by atoms with Crippen molar-refractivity contribution < 1.29 is 22.8 Å². The molecule has 2 aliphatic carbocycles. The van der Waals surface area contributed by atoms with E-state index in [4.69, 9.17) is 11.6 Å². The fourth-order valence-electron chi connectivity index (χ4n) is 5.38. The lowest BCUT2D eigenvalue weighted by Gasteiger charge is -2.17. The third kappa shape index (κ3) is 4.12. The second kappa shape index (κ2) is 8.49. The van der Waals surface area contributed by atoms with Gasteiger partial charge >= 0.3 is 0 Å². The molecule has 35 heavy (non-hydrogen) atoms. The summed E-state index contributed by atoms with van der Waals surface area (Å²) in [4.78, 5) is 39.1. The van der Waals surface area contributed by atoms with Crippen LogP contribution in [0.25, 0.3) is 0 Å². The average Bonchev–Trinajstić information content (AvgIpc) is 3.47. The number of nitrogens with one attached hydrogen (secondary N) is 2. The maximum Gasteiger partial charge on any atom is 0.263 e. The largest absolute Gasteiger partial charge is 0.324 e. The molecule has 5 rings (SSSR count). The van der Waals surface area contributed by atoms with Crippen LogP contribution in [-0.2, 0) is 24.4 Å². The Bertz CT molecular complexity index is 1370. The Balaban J connectivity index is 1.30. The van der Waals surface area contributed by atoms with Gasteiger partial charge in [-0.1, -0.05) is 41.4 Å². The first-order valence-electron chi connectivity index (χ1n) is 11.3. The molecule has 0 aromatic heterocycles. The predicted octanol–water partition coefficient (Wildman–Crippen LogP) is 3.50. The van der Waals surface area contributed by atoms with E-state index < -0.39 is 22.5 Å². The third-order valence-corrected chi connectivity index (χ3v) is 8.84. The normalized spacial score (nSPS) is 24.7. The molecular weight excluding hydrogens is 490 g/mol. The molecule has 182 valence electrons. The molecule has 1 aliphatic heterocycles. The zero-order valence-corrected chi connectivity index (χ0v) is 20.7. The van der Waals surface area contributed by atoms with Gasteiger partial charge in [0.15, 0.2) is 0 Å². The van der Waals surface area contributed by atoms with Crippen molar-refractivity contribution in [1.29, 1.82) is 0 Å². The van der Waals surface area contributed by atoms with Crippen molar-refractivity contribution in [2.45, 2.75) is 25.2 Å². The number of halogens is 1. The van der Waals surface area contributed by atoms with Crippen LogP contribution >= 0.6 is 11.6 Å². The molecule has 2 aromatic carbocycles. The van der Waals surface area contributed by atoms with E-state index in [9.17, 15) is 22.8 Å². The molecule has 0 unspecified atom stereocenters. The standard InChI is InChI=1S/C25H24ClN3O5S/c1-13-3-8-19(14(2)9-13)28-35(33,34)20-11-17(6-7-18(20)26)27-21(30)12-29-24(31)22-15-4-5-16(10-15)23(22)25(29)32/h3-9,11,15-16,22-23,28H,10,12H2,1-2H3,(H,27,30)/t15-,16-,22-,23-/m0/s1. The Morgan fingerprint density at radius 2 is 1.69 bits per heavy atom. The highest BCUT2D eigenvalue weighted by molar-refractivity contribution is 7.92. The number of rotatable bonds is 6. The van der Waals surface area contributed by atoms with Crippen molar-refractivity contribution in [3.63, 3.8) is 0 Å². The average molecular weight is 514 g/mol. The van der Waals surface area contributed by atoms with Crippen LogP contribution in [0.15, 0.2) is 53.4 Å². The van der Waals surface area contributed by atoms with E-state index in [1.54, 1.807) is 19.1 Å². The zero-order chi connectivity index (χ0) is 25.1. The molecule has 1 heterocycles. The van der Waals surface area contributed by atoms with Gasteiger partial charge in [-0.05, 0) is 61.9 Å². The van der Waals surface area contributed by atoms with Gasteiger partial charge in [0, 0.05) is 5.69 Å². The summed E-state index contributed by atoms with van der Waals surface area (Å²) in [6.07, 6.45) is 4.79.